The number of nitrogens with zero attached hydrogens (tertiary/aromatic N) is 5. The third kappa shape index (κ3) is 3.24. The Morgan fingerprint density at radius 1 is 1.29 bits per heavy atom. The van der Waals surface area contributed by atoms with Gasteiger partial charge in [-0.1, -0.05) is 6.42 Å². The lowest BCUT2D eigenvalue weighted by Crippen LogP contribution is -2.48. The molecule has 6 heteroatoms. The summed E-state index contributed by atoms with van der Waals surface area (Å²) in [4.78, 5) is 28.4. The average molecular weight is 331 g/mol. The number of carbonyl (C=O) groups excluding carboxylic acids is 1. The van der Waals surface area contributed by atoms with Gasteiger partial charge >= 0.3 is 0 Å². The summed E-state index contributed by atoms with van der Waals surface area (Å²) in [6.07, 6.45) is 7.09. The van der Waals surface area contributed by atoms with Crippen LogP contribution in [-0.4, -0.2) is 72.5 Å². The number of hydrogen-bond donors (Lipinski definition) is 0. The molecule has 1 spiro atoms. The van der Waals surface area contributed by atoms with Crippen LogP contribution in [0.1, 0.15) is 26.2 Å². The van der Waals surface area contributed by atoms with E-state index in [1.54, 1.807) is 12.4 Å². The Hall–Kier alpha value is -1.69. The van der Waals surface area contributed by atoms with Crippen molar-refractivity contribution >= 4 is 11.9 Å². The van der Waals surface area contributed by atoms with E-state index < -0.39 is 0 Å². The Balaban J connectivity index is 1.74. The number of amides is 1. The molecule has 1 aliphatic carbocycles. The minimum atomic E-state index is 0.0807. The maximum absolute atomic E-state index is 13.2. The summed E-state index contributed by atoms with van der Waals surface area (Å²) in [5.74, 6) is 1.16. The highest BCUT2D eigenvalue weighted by Gasteiger charge is 2.54. The highest BCUT2D eigenvalue weighted by molar-refractivity contribution is 5.81. The van der Waals surface area contributed by atoms with Gasteiger partial charge in [-0.25, -0.2) is 9.97 Å². The van der Waals surface area contributed by atoms with Gasteiger partial charge in [0.2, 0.25) is 11.9 Å². The summed E-state index contributed by atoms with van der Waals surface area (Å²) < 4.78 is 0. The molecule has 6 nitrogen and oxygen atoms in total. The van der Waals surface area contributed by atoms with Crippen LogP contribution in [0.4, 0.5) is 5.95 Å². The van der Waals surface area contributed by atoms with Gasteiger partial charge in [-0.15, -0.1) is 0 Å². The van der Waals surface area contributed by atoms with Crippen molar-refractivity contribution in [3.8, 4) is 0 Å². The first-order valence-electron chi connectivity index (χ1n) is 9.01. The first-order valence-corrected chi connectivity index (χ1v) is 9.01. The molecule has 24 heavy (non-hydrogen) atoms. The fourth-order valence-electron chi connectivity index (χ4n) is 4.02. The molecule has 1 aromatic rings. The molecule has 1 aliphatic heterocycles. The van der Waals surface area contributed by atoms with Crippen molar-refractivity contribution in [1.82, 2.24) is 19.8 Å². The quantitative estimate of drug-likeness (QED) is 0.790. The molecule has 2 fully saturated rings. The Kier molecular flexibility index (Phi) is 5.04. The standard InChI is InChI=1S/C18H29N5O/c1-4-22(12-11-21(2)3)16(24)15-13-23(14-18(15)7-5-8-18)17-19-9-6-10-20-17/h6,9-10,15H,4-5,7-8,11-14H2,1-3H3. The topological polar surface area (TPSA) is 52.6 Å². The van der Waals surface area contributed by atoms with Gasteiger partial charge in [0, 0.05) is 50.5 Å². The van der Waals surface area contributed by atoms with E-state index in [2.05, 4.69) is 40.8 Å². The Bertz CT molecular complexity index is 558. The van der Waals surface area contributed by atoms with E-state index in [-0.39, 0.29) is 11.3 Å². The Morgan fingerprint density at radius 2 is 2.00 bits per heavy atom. The van der Waals surface area contributed by atoms with Crippen molar-refractivity contribution < 1.29 is 4.79 Å². The summed E-state index contributed by atoms with van der Waals surface area (Å²) in [6, 6.07) is 1.83. The molecule has 0 aromatic carbocycles. The monoisotopic (exact) mass is 331 g/mol. The lowest BCUT2D eigenvalue weighted by molar-refractivity contribution is -0.140. The predicted molar refractivity (Wildman–Crippen MR) is 94.8 cm³/mol. The van der Waals surface area contributed by atoms with Crippen LogP contribution < -0.4 is 4.90 Å². The van der Waals surface area contributed by atoms with E-state index >= 15 is 0 Å². The third-order valence-electron chi connectivity index (χ3n) is 5.64. The fourth-order valence-corrected chi connectivity index (χ4v) is 4.02. The number of likely N-dealkylation sites (N-methyl/N-ethyl adjacent to an activating group) is 2. The fraction of sp³-hybridized carbons (Fsp3) is 0.722. The summed E-state index contributed by atoms with van der Waals surface area (Å²) in [5.41, 5.74) is 0.141. The molecular weight excluding hydrogens is 302 g/mol. The molecule has 1 unspecified atom stereocenters. The first-order chi connectivity index (χ1) is 11.6. The second-order valence-corrected chi connectivity index (χ2v) is 7.42. The van der Waals surface area contributed by atoms with Crippen molar-refractivity contribution in [1.29, 1.82) is 0 Å². The number of aromatic nitrogens is 2. The summed E-state index contributed by atoms with van der Waals surface area (Å²) in [5, 5.41) is 0. The second kappa shape index (κ2) is 7.05. The molecule has 2 heterocycles. The summed E-state index contributed by atoms with van der Waals surface area (Å²) >= 11 is 0. The van der Waals surface area contributed by atoms with Crippen molar-refractivity contribution in [3.05, 3.63) is 18.5 Å². The molecule has 1 saturated carbocycles. The van der Waals surface area contributed by atoms with E-state index in [1.807, 2.05) is 11.0 Å². The average Bonchev–Trinajstić information content (AvgIpc) is 2.97. The number of anilines is 1. The molecule has 1 aromatic heterocycles. The molecule has 2 aliphatic rings. The van der Waals surface area contributed by atoms with Gasteiger partial charge in [0.15, 0.2) is 0 Å². The van der Waals surface area contributed by atoms with Crippen LogP contribution in [0.2, 0.25) is 0 Å². The molecule has 0 bridgehead atoms. The number of carbonyl (C=O) groups is 1. The van der Waals surface area contributed by atoms with Crippen LogP contribution in [0.5, 0.6) is 0 Å². The highest BCUT2D eigenvalue weighted by atomic mass is 16.2. The van der Waals surface area contributed by atoms with Crippen LogP contribution in [0.3, 0.4) is 0 Å². The maximum Gasteiger partial charge on any atom is 0.228 e. The van der Waals surface area contributed by atoms with Gasteiger partial charge in [0.1, 0.15) is 0 Å². The first kappa shape index (κ1) is 17.1. The number of rotatable bonds is 6. The lowest BCUT2D eigenvalue weighted by Gasteiger charge is -2.43. The van der Waals surface area contributed by atoms with Crippen LogP contribution in [-0.2, 0) is 4.79 Å². The normalized spacial score (nSPS) is 22.0. The molecule has 0 radical (unpaired) electrons. The van der Waals surface area contributed by atoms with E-state index in [4.69, 9.17) is 0 Å². The van der Waals surface area contributed by atoms with Gasteiger partial charge in [-0.05, 0) is 39.9 Å². The lowest BCUT2D eigenvalue weighted by atomic mass is 9.62. The van der Waals surface area contributed by atoms with Crippen molar-refractivity contribution in [2.75, 3.05) is 51.7 Å². The molecule has 1 saturated heterocycles. The van der Waals surface area contributed by atoms with E-state index in [0.717, 1.165) is 51.5 Å². The Labute approximate surface area is 144 Å². The molecule has 0 N–H and O–H groups in total. The zero-order valence-corrected chi connectivity index (χ0v) is 15.1. The zero-order chi connectivity index (χ0) is 17.2. The van der Waals surface area contributed by atoms with Gasteiger partial charge in [-0.3, -0.25) is 4.79 Å². The number of hydrogen-bond acceptors (Lipinski definition) is 5. The Morgan fingerprint density at radius 3 is 2.54 bits per heavy atom. The smallest absolute Gasteiger partial charge is 0.228 e. The zero-order valence-electron chi connectivity index (χ0n) is 15.1. The van der Waals surface area contributed by atoms with Gasteiger partial charge in [0.05, 0.1) is 5.92 Å². The van der Waals surface area contributed by atoms with Gasteiger partial charge in [0.25, 0.3) is 0 Å². The summed E-state index contributed by atoms with van der Waals surface area (Å²) in [7, 11) is 4.10. The third-order valence-corrected chi connectivity index (χ3v) is 5.64. The largest absolute Gasteiger partial charge is 0.341 e. The predicted octanol–water partition coefficient (Wildman–Crippen LogP) is 1.49. The molecule has 1 atom stereocenters. The molecule has 1 amide bonds. The minimum absolute atomic E-state index is 0.0807. The summed E-state index contributed by atoms with van der Waals surface area (Å²) in [6.45, 7) is 6.23. The van der Waals surface area contributed by atoms with Crippen LogP contribution in [0, 0.1) is 11.3 Å². The second-order valence-electron chi connectivity index (χ2n) is 7.42. The van der Waals surface area contributed by atoms with Crippen molar-refractivity contribution in [2.24, 2.45) is 11.3 Å². The van der Waals surface area contributed by atoms with Crippen molar-refractivity contribution in [2.45, 2.75) is 26.2 Å². The highest BCUT2D eigenvalue weighted by Crippen LogP contribution is 2.52. The van der Waals surface area contributed by atoms with E-state index in [9.17, 15) is 4.79 Å². The van der Waals surface area contributed by atoms with Crippen LogP contribution >= 0.6 is 0 Å². The SMILES string of the molecule is CCN(CCN(C)C)C(=O)C1CN(c2ncccn2)CC12CCC2. The van der Waals surface area contributed by atoms with Gasteiger partial charge < -0.3 is 14.7 Å². The van der Waals surface area contributed by atoms with E-state index in [0.29, 0.717) is 5.91 Å². The molecule has 3 rings (SSSR count). The van der Waals surface area contributed by atoms with E-state index in [1.165, 1.54) is 6.42 Å². The molecule has 132 valence electrons. The van der Waals surface area contributed by atoms with Crippen LogP contribution in [0.15, 0.2) is 18.5 Å². The van der Waals surface area contributed by atoms with Crippen molar-refractivity contribution in [3.63, 3.8) is 0 Å². The van der Waals surface area contributed by atoms with Crippen LogP contribution in [0.25, 0.3) is 0 Å². The molecular formula is C18H29N5O. The minimum Gasteiger partial charge on any atom is -0.341 e. The van der Waals surface area contributed by atoms with Gasteiger partial charge in [-0.2, -0.15) is 0 Å². The maximum atomic E-state index is 13.2.